The number of alkyl halides is 2. The van der Waals surface area contributed by atoms with Crippen LogP contribution in [-0.4, -0.2) is 41.8 Å². The molecule has 2 unspecified atom stereocenters. The Balaban J connectivity index is 1.88. The lowest BCUT2D eigenvalue weighted by atomic mass is 9.97. The van der Waals surface area contributed by atoms with Crippen molar-refractivity contribution in [3.8, 4) is 0 Å². The second-order valence-electron chi connectivity index (χ2n) is 4.90. The van der Waals surface area contributed by atoms with Crippen LogP contribution < -0.4 is 5.32 Å². The van der Waals surface area contributed by atoms with E-state index >= 15 is 0 Å². The summed E-state index contributed by atoms with van der Waals surface area (Å²) in [6.07, 6.45) is 0.393. The average Bonchev–Trinajstić information content (AvgIpc) is 2.94. The number of rotatable bonds is 6. The first-order chi connectivity index (χ1) is 8.02. The summed E-state index contributed by atoms with van der Waals surface area (Å²) in [6.45, 7) is -0.607. The van der Waals surface area contributed by atoms with Crippen LogP contribution >= 0.6 is 0 Å². The van der Waals surface area contributed by atoms with Crippen LogP contribution in [0.5, 0.6) is 0 Å². The standard InChI is InChI=1S/C11H17F2NO3/c12-9(13)6-17-8-3-4-11(5-8,10(15)16)14-7-1-2-7/h7-9,14H,1-6H2,(H,15,16). The number of nitrogens with one attached hydrogen (secondary N) is 1. The molecule has 0 heterocycles. The van der Waals surface area contributed by atoms with Crippen LogP contribution in [0.3, 0.4) is 0 Å². The van der Waals surface area contributed by atoms with Crippen molar-refractivity contribution in [1.82, 2.24) is 5.32 Å². The maximum absolute atomic E-state index is 12.0. The molecule has 2 N–H and O–H groups in total. The number of carbonyl (C=O) groups is 1. The molecule has 2 saturated carbocycles. The van der Waals surface area contributed by atoms with Crippen LogP contribution in [0.1, 0.15) is 32.1 Å². The van der Waals surface area contributed by atoms with Gasteiger partial charge in [0, 0.05) is 12.5 Å². The molecule has 2 rings (SSSR count). The third kappa shape index (κ3) is 3.13. The summed E-state index contributed by atoms with van der Waals surface area (Å²) in [7, 11) is 0. The quantitative estimate of drug-likeness (QED) is 0.747. The fraction of sp³-hybridized carbons (Fsp3) is 0.909. The lowest BCUT2D eigenvalue weighted by Crippen LogP contribution is -2.51. The van der Waals surface area contributed by atoms with Crippen molar-refractivity contribution in [3.63, 3.8) is 0 Å². The Bertz CT molecular complexity index is 296. The molecule has 2 atom stereocenters. The largest absolute Gasteiger partial charge is 0.480 e. The molecule has 0 radical (unpaired) electrons. The normalized spacial score (nSPS) is 33.2. The fourth-order valence-corrected chi connectivity index (χ4v) is 2.36. The van der Waals surface area contributed by atoms with Gasteiger partial charge in [0.2, 0.25) is 0 Å². The molecule has 0 aliphatic heterocycles. The van der Waals surface area contributed by atoms with E-state index in [1.54, 1.807) is 0 Å². The van der Waals surface area contributed by atoms with Gasteiger partial charge in [0.05, 0.1) is 6.10 Å². The number of hydrogen-bond acceptors (Lipinski definition) is 3. The zero-order valence-electron chi connectivity index (χ0n) is 9.49. The molecule has 0 saturated heterocycles. The van der Waals surface area contributed by atoms with Crippen molar-refractivity contribution >= 4 is 5.97 Å². The Morgan fingerprint density at radius 3 is 2.71 bits per heavy atom. The number of aliphatic carboxylic acids is 1. The van der Waals surface area contributed by atoms with E-state index in [9.17, 15) is 18.7 Å². The van der Waals surface area contributed by atoms with Gasteiger partial charge in [0.25, 0.3) is 6.43 Å². The topological polar surface area (TPSA) is 58.6 Å². The van der Waals surface area contributed by atoms with Gasteiger partial charge in [-0.3, -0.25) is 10.1 Å². The Kier molecular flexibility index (Phi) is 3.63. The minimum Gasteiger partial charge on any atom is -0.480 e. The summed E-state index contributed by atoms with van der Waals surface area (Å²) in [6, 6.07) is 0.278. The molecule has 6 heteroatoms. The average molecular weight is 249 g/mol. The van der Waals surface area contributed by atoms with Gasteiger partial charge in [0.1, 0.15) is 12.1 Å². The second kappa shape index (κ2) is 4.86. The molecule has 17 heavy (non-hydrogen) atoms. The number of halogens is 2. The minimum absolute atomic E-state index is 0.278. The summed E-state index contributed by atoms with van der Waals surface area (Å²) in [5, 5.41) is 12.4. The zero-order valence-corrected chi connectivity index (χ0v) is 9.49. The monoisotopic (exact) mass is 249 g/mol. The smallest absolute Gasteiger partial charge is 0.324 e. The Labute approximate surface area is 98.3 Å². The molecule has 2 aliphatic rings. The highest BCUT2D eigenvalue weighted by atomic mass is 19.3. The lowest BCUT2D eigenvalue weighted by Gasteiger charge is -2.26. The minimum atomic E-state index is -2.49. The second-order valence-corrected chi connectivity index (χ2v) is 4.90. The van der Waals surface area contributed by atoms with Crippen molar-refractivity contribution in [1.29, 1.82) is 0 Å². The summed E-state index contributed by atoms with van der Waals surface area (Å²) in [5.41, 5.74) is -0.964. The first-order valence-corrected chi connectivity index (χ1v) is 5.93. The van der Waals surface area contributed by atoms with Gasteiger partial charge in [-0.1, -0.05) is 0 Å². The number of ether oxygens (including phenoxy) is 1. The van der Waals surface area contributed by atoms with Crippen molar-refractivity contribution < 1.29 is 23.4 Å². The highest BCUT2D eigenvalue weighted by Crippen LogP contribution is 2.35. The van der Waals surface area contributed by atoms with Gasteiger partial charge in [0.15, 0.2) is 0 Å². The number of carboxylic acids is 1. The summed E-state index contributed by atoms with van der Waals surface area (Å²) >= 11 is 0. The molecule has 0 aromatic carbocycles. The molecular weight excluding hydrogens is 232 g/mol. The lowest BCUT2D eigenvalue weighted by molar-refractivity contribution is -0.145. The predicted octanol–water partition coefficient (Wildman–Crippen LogP) is 1.40. The molecule has 2 aliphatic carbocycles. The Morgan fingerprint density at radius 1 is 1.47 bits per heavy atom. The van der Waals surface area contributed by atoms with Gasteiger partial charge in [-0.05, 0) is 25.7 Å². The van der Waals surface area contributed by atoms with E-state index in [2.05, 4.69) is 5.32 Å². The Morgan fingerprint density at radius 2 is 2.18 bits per heavy atom. The molecule has 0 bridgehead atoms. The van der Waals surface area contributed by atoms with Crippen molar-refractivity contribution in [2.45, 2.75) is 56.2 Å². The highest BCUT2D eigenvalue weighted by Gasteiger charge is 2.48. The van der Waals surface area contributed by atoms with Gasteiger partial charge >= 0.3 is 5.97 Å². The van der Waals surface area contributed by atoms with E-state index in [1.165, 1.54) is 0 Å². The third-order valence-corrected chi connectivity index (χ3v) is 3.39. The van der Waals surface area contributed by atoms with Crippen molar-refractivity contribution in [3.05, 3.63) is 0 Å². The van der Waals surface area contributed by atoms with Crippen LogP contribution in [0.4, 0.5) is 8.78 Å². The first kappa shape index (κ1) is 12.7. The van der Waals surface area contributed by atoms with E-state index in [0.717, 1.165) is 12.8 Å². The molecule has 0 spiro atoms. The highest BCUT2D eigenvalue weighted by molar-refractivity contribution is 5.79. The van der Waals surface area contributed by atoms with Crippen LogP contribution in [0.15, 0.2) is 0 Å². The number of carboxylic acid groups (broad SMARTS) is 1. The van der Waals surface area contributed by atoms with Crippen molar-refractivity contribution in [2.24, 2.45) is 0 Å². The van der Waals surface area contributed by atoms with Gasteiger partial charge in [-0.2, -0.15) is 0 Å². The fourth-order valence-electron chi connectivity index (χ4n) is 2.36. The maximum Gasteiger partial charge on any atom is 0.324 e. The van der Waals surface area contributed by atoms with E-state index in [1.807, 2.05) is 0 Å². The van der Waals surface area contributed by atoms with Gasteiger partial charge in [-0.15, -0.1) is 0 Å². The molecule has 0 aromatic rings. The van der Waals surface area contributed by atoms with Crippen LogP contribution in [-0.2, 0) is 9.53 Å². The van der Waals surface area contributed by atoms with Gasteiger partial charge < -0.3 is 9.84 Å². The summed E-state index contributed by atoms with van der Waals surface area (Å²) < 4.78 is 29.0. The van der Waals surface area contributed by atoms with E-state index in [4.69, 9.17) is 4.74 Å². The van der Waals surface area contributed by atoms with Crippen LogP contribution in [0.2, 0.25) is 0 Å². The summed E-state index contributed by atoms with van der Waals surface area (Å²) in [5.74, 6) is -0.896. The summed E-state index contributed by atoms with van der Waals surface area (Å²) in [4.78, 5) is 11.3. The SMILES string of the molecule is O=C(O)C1(NC2CC2)CCC(OCC(F)F)C1. The van der Waals surface area contributed by atoms with Crippen LogP contribution in [0, 0.1) is 0 Å². The van der Waals surface area contributed by atoms with E-state index < -0.39 is 24.5 Å². The predicted molar refractivity (Wildman–Crippen MR) is 56.1 cm³/mol. The van der Waals surface area contributed by atoms with E-state index in [0.29, 0.717) is 12.8 Å². The first-order valence-electron chi connectivity index (χ1n) is 5.93. The van der Waals surface area contributed by atoms with E-state index in [-0.39, 0.29) is 18.6 Å². The van der Waals surface area contributed by atoms with Gasteiger partial charge in [-0.25, -0.2) is 8.78 Å². The van der Waals surface area contributed by atoms with Crippen molar-refractivity contribution in [2.75, 3.05) is 6.61 Å². The molecule has 0 aromatic heterocycles. The Hall–Kier alpha value is -0.750. The van der Waals surface area contributed by atoms with Crippen LogP contribution in [0.25, 0.3) is 0 Å². The third-order valence-electron chi connectivity index (χ3n) is 3.39. The molecule has 98 valence electrons. The molecule has 2 fully saturated rings. The molecule has 0 amide bonds. The number of hydrogen-bond donors (Lipinski definition) is 2. The zero-order chi connectivity index (χ0) is 12.5. The molecule has 4 nitrogen and oxygen atoms in total. The molecular formula is C11H17F2NO3. The maximum atomic E-state index is 12.0.